The molecule has 2 aromatic carbocycles. The van der Waals surface area contributed by atoms with Crippen molar-refractivity contribution in [3.8, 4) is 11.8 Å². The summed E-state index contributed by atoms with van der Waals surface area (Å²) in [6, 6.07) is 12.5. The molecule has 0 aromatic heterocycles. The van der Waals surface area contributed by atoms with E-state index in [1.54, 1.807) is 29.0 Å². The minimum Gasteiger partial charge on any atom is -0.496 e. The standard InChI is InChI=1S/C18H21N3O5S.C7H11N/c1-12-3-8-16(26-2)15(11-12)17(22)20-10-9-13-4-6-14(7-5-13)27(24,25)21-18(19)23;8-6-7-4-2-1-3-5-7/h3-8,11H,9-10H2,1-2H3,(H,20,22)(H3,19,21,23);7H,1-5H2. The van der Waals surface area contributed by atoms with Crippen molar-refractivity contribution in [1.29, 1.82) is 5.26 Å². The second-order valence-corrected chi connectivity index (χ2v) is 9.97. The average Bonchev–Trinajstić information content (AvgIpc) is 2.84. The first-order valence-electron chi connectivity index (χ1n) is 11.4. The third-order valence-corrected chi connectivity index (χ3v) is 6.92. The molecule has 3 rings (SSSR count). The van der Waals surface area contributed by atoms with E-state index < -0.39 is 16.1 Å². The number of ether oxygens (including phenoxy) is 1. The second-order valence-electron chi connectivity index (χ2n) is 8.29. The van der Waals surface area contributed by atoms with Crippen LogP contribution in [0.5, 0.6) is 5.75 Å². The van der Waals surface area contributed by atoms with E-state index in [0.29, 0.717) is 30.2 Å². The number of nitrogens with one attached hydrogen (secondary N) is 2. The quantitative estimate of drug-likeness (QED) is 0.530. The van der Waals surface area contributed by atoms with Crippen LogP contribution in [0.25, 0.3) is 0 Å². The highest BCUT2D eigenvalue weighted by Crippen LogP contribution is 2.22. The lowest BCUT2D eigenvalue weighted by Gasteiger charge is -2.13. The highest BCUT2D eigenvalue weighted by atomic mass is 32.2. The molecular formula is C25H32N4O5S. The summed E-state index contributed by atoms with van der Waals surface area (Å²) in [4.78, 5) is 23.0. The number of carbonyl (C=O) groups excluding carboxylic acids is 2. The summed E-state index contributed by atoms with van der Waals surface area (Å²) >= 11 is 0. The molecule has 0 spiro atoms. The maximum atomic E-state index is 12.3. The van der Waals surface area contributed by atoms with E-state index in [1.165, 1.54) is 38.5 Å². The van der Waals surface area contributed by atoms with Crippen molar-refractivity contribution in [3.63, 3.8) is 0 Å². The van der Waals surface area contributed by atoms with Gasteiger partial charge in [-0.2, -0.15) is 5.26 Å². The van der Waals surface area contributed by atoms with Gasteiger partial charge in [-0.05, 0) is 56.0 Å². The molecule has 0 aliphatic heterocycles. The molecule has 4 N–H and O–H groups in total. The molecule has 35 heavy (non-hydrogen) atoms. The van der Waals surface area contributed by atoms with Crippen molar-refractivity contribution in [1.82, 2.24) is 10.0 Å². The van der Waals surface area contributed by atoms with Crippen LogP contribution in [0.1, 0.15) is 53.6 Å². The predicted molar refractivity (Wildman–Crippen MR) is 132 cm³/mol. The number of amides is 3. The number of methoxy groups -OCH3 is 1. The Labute approximate surface area is 206 Å². The summed E-state index contributed by atoms with van der Waals surface area (Å²) < 4.78 is 30.5. The van der Waals surface area contributed by atoms with Crippen LogP contribution in [0, 0.1) is 24.2 Å². The van der Waals surface area contributed by atoms with Crippen molar-refractivity contribution < 1.29 is 22.7 Å². The lowest BCUT2D eigenvalue weighted by molar-refractivity contribution is 0.0951. The summed E-state index contributed by atoms with van der Waals surface area (Å²) in [6.07, 6.45) is 6.70. The number of hydrogen-bond acceptors (Lipinski definition) is 6. The van der Waals surface area contributed by atoms with Crippen molar-refractivity contribution in [2.75, 3.05) is 13.7 Å². The first-order chi connectivity index (χ1) is 16.7. The van der Waals surface area contributed by atoms with Gasteiger partial charge in [-0.25, -0.2) is 17.9 Å². The summed E-state index contributed by atoms with van der Waals surface area (Å²) in [5.74, 6) is 0.638. The van der Waals surface area contributed by atoms with Gasteiger partial charge in [-0.15, -0.1) is 0 Å². The van der Waals surface area contributed by atoms with E-state index >= 15 is 0 Å². The molecule has 3 amide bonds. The third kappa shape index (κ3) is 8.94. The first kappa shape index (κ1) is 27.7. The molecule has 0 atom stereocenters. The molecule has 0 radical (unpaired) electrons. The van der Waals surface area contributed by atoms with Crippen LogP contribution in [-0.4, -0.2) is 34.0 Å². The zero-order valence-electron chi connectivity index (χ0n) is 20.0. The Morgan fingerprint density at radius 1 is 1.11 bits per heavy atom. The van der Waals surface area contributed by atoms with E-state index in [1.807, 2.05) is 13.0 Å². The summed E-state index contributed by atoms with van der Waals surface area (Å²) in [5, 5.41) is 11.3. The Hall–Kier alpha value is -3.58. The van der Waals surface area contributed by atoms with Crippen molar-refractivity contribution >= 4 is 22.0 Å². The maximum absolute atomic E-state index is 12.3. The number of nitriles is 1. The summed E-state index contributed by atoms with van der Waals surface area (Å²) in [7, 11) is -2.46. The van der Waals surface area contributed by atoms with Crippen LogP contribution in [0.4, 0.5) is 4.79 Å². The fourth-order valence-corrected chi connectivity index (χ4v) is 4.55. The Morgan fingerprint density at radius 3 is 2.31 bits per heavy atom. The number of rotatable bonds is 7. The molecular weight excluding hydrogens is 468 g/mol. The minimum atomic E-state index is -3.97. The Kier molecular flexibility index (Phi) is 10.5. The number of benzene rings is 2. The van der Waals surface area contributed by atoms with Crippen LogP contribution in [0.15, 0.2) is 47.4 Å². The highest BCUT2D eigenvalue weighted by Gasteiger charge is 2.16. The Bertz CT molecular complexity index is 1150. The smallest absolute Gasteiger partial charge is 0.326 e. The van der Waals surface area contributed by atoms with E-state index in [2.05, 4.69) is 11.4 Å². The van der Waals surface area contributed by atoms with Crippen molar-refractivity contribution in [2.45, 2.75) is 50.3 Å². The number of hydrogen-bond donors (Lipinski definition) is 3. The second kappa shape index (κ2) is 13.3. The van der Waals surface area contributed by atoms with Crippen molar-refractivity contribution in [2.24, 2.45) is 11.7 Å². The number of primary amides is 1. The van der Waals surface area contributed by atoms with Gasteiger partial charge in [0, 0.05) is 12.5 Å². The maximum Gasteiger partial charge on any atom is 0.326 e. The molecule has 1 saturated carbocycles. The normalized spacial score (nSPS) is 13.5. The molecule has 1 fully saturated rings. The molecule has 2 aromatic rings. The predicted octanol–water partition coefficient (Wildman–Crippen LogP) is 3.42. The van der Waals surface area contributed by atoms with E-state index in [0.717, 1.165) is 24.0 Å². The SMILES string of the molecule is COc1ccc(C)cc1C(=O)NCCc1ccc(S(=O)(=O)NC(N)=O)cc1.N#CC1CCCCC1. The van der Waals surface area contributed by atoms with Crippen molar-refractivity contribution in [3.05, 3.63) is 59.2 Å². The van der Waals surface area contributed by atoms with E-state index in [9.17, 15) is 18.0 Å². The zero-order valence-corrected chi connectivity index (χ0v) is 20.9. The van der Waals surface area contributed by atoms with Crippen LogP contribution >= 0.6 is 0 Å². The fraction of sp³-hybridized carbons (Fsp3) is 0.400. The van der Waals surface area contributed by atoms with Gasteiger partial charge >= 0.3 is 6.03 Å². The largest absolute Gasteiger partial charge is 0.496 e. The van der Waals surface area contributed by atoms with Crippen LogP contribution in [0.2, 0.25) is 0 Å². The molecule has 9 nitrogen and oxygen atoms in total. The molecule has 0 unspecified atom stereocenters. The van der Waals surface area contributed by atoms with E-state index in [4.69, 9.17) is 15.7 Å². The van der Waals surface area contributed by atoms with Gasteiger partial charge in [-0.3, -0.25) is 4.79 Å². The van der Waals surface area contributed by atoms with Gasteiger partial charge in [-0.1, -0.05) is 43.0 Å². The van der Waals surface area contributed by atoms with Crippen LogP contribution < -0.4 is 20.5 Å². The lowest BCUT2D eigenvalue weighted by Crippen LogP contribution is -2.34. The van der Waals surface area contributed by atoms with Gasteiger partial charge in [0.1, 0.15) is 5.75 Å². The number of nitrogens with zero attached hydrogens (tertiary/aromatic N) is 1. The molecule has 0 bridgehead atoms. The van der Waals surface area contributed by atoms with Gasteiger partial charge in [0.15, 0.2) is 0 Å². The topological polar surface area (TPSA) is 151 Å². The molecule has 1 aliphatic carbocycles. The van der Waals surface area contributed by atoms with Gasteiger partial charge in [0.05, 0.1) is 23.6 Å². The van der Waals surface area contributed by atoms with Gasteiger partial charge in [0.2, 0.25) is 0 Å². The highest BCUT2D eigenvalue weighted by molar-refractivity contribution is 7.90. The molecule has 1 aliphatic rings. The molecule has 0 saturated heterocycles. The number of urea groups is 1. The van der Waals surface area contributed by atoms with Crippen LogP contribution in [-0.2, 0) is 16.4 Å². The molecule has 10 heteroatoms. The first-order valence-corrected chi connectivity index (χ1v) is 12.9. The third-order valence-electron chi connectivity index (χ3n) is 5.56. The van der Waals surface area contributed by atoms with Crippen LogP contribution in [0.3, 0.4) is 0 Å². The minimum absolute atomic E-state index is 0.0708. The van der Waals surface area contributed by atoms with Gasteiger partial charge in [0.25, 0.3) is 15.9 Å². The molecule has 188 valence electrons. The number of aryl methyl sites for hydroxylation is 1. The average molecular weight is 501 g/mol. The fourth-order valence-electron chi connectivity index (χ4n) is 3.67. The lowest BCUT2D eigenvalue weighted by atomic mass is 9.91. The zero-order chi connectivity index (χ0) is 25.8. The van der Waals surface area contributed by atoms with Gasteiger partial charge < -0.3 is 15.8 Å². The number of carbonyl (C=O) groups is 2. The molecule has 0 heterocycles. The Balaban J connectivity index is 0.000000456. The summed E-state index contributed by atoms with van der Waals surface area (Å²) in [6.45, 7) is 2.25. The Morgan fingerprint density at radius 2 is 1.77 bits per heavy atom. The number of sulfonamides is 1. The number of nitrogens with two attached hydrogens (primary N) is 1. The monoisotopic (exact) mass is 500 g/mol. The van der Waals surface area contributed by atoms with E-state index in [-0.39, 0.29) is 10.8 Å². The summed E-state index contributed by atoms with van der Waals surface area (Å²) in [5.41, 5.74) is 7.06.